The minimum absolute atomic E-state index is 0.163. The van der Waals surface area contributed by atoms with Gasteiger partial charge in [-0.3, -0.25) is 9.59 Å². The molecule has 0 bridgehead atoms. The standard InChI is InChI=1S/C23H23N3O5/c1-29-20-7-3-6-18(13-20)26-21(27)15-31-19-10-8-16(9-11-19)22(28)25-14-17-5-4-12-24-23(17)30-2/h3-13H,14-15H2,1-2H3,(H,25,28)(H,26,27). The van der Waals surface area contributed by atoms with Crippen LogP contribution in [0.15, 0.2) is 66.9 Å². The molecule has 2 aromatic carbocycles. The van der Waals surface area contributed by atoms with E-state index in [-0.39, 0.29) is 18.4 Å². The summed E-state index contributed by atoms with van der Waals surface area (Å²) in [6.45, 7) is 0.127. The number of pyridine rings is 1. The number of hydrogen-bond donors (Lipinski definition) is 2. The van der Waals surface area contributed by atoms with Gasteiger partial charge in [-0.25, -0.2) is 4.98 Å². The first-order valence-electron chi connectivity index (χ1n) is 9.52. The number of nitrogens with one attached hydrogen (secondary N) is 2. The lowest BCUT2D eigenvalue weighted by Crippen LogP contribution is -2.23. The van der Waals surface area contributed by atoms with Crippen LogP contribution in [-0.4, -0.2) is 37.6 Å². The number of hydrogen-bond acceptors (Lipinski definition) is 6. The largest absolute Gasteiger partial charge is 0.497 e. The number of aromatic nitrogens is 1. The first kappa shape index (κ1) is 21.6. The maximum Gasteiger partial charge on any atom is 0.262 e. The summed E-state index contributed by atoms with van der Waals surface area (Å²) in [6, 6.07) is 17.2. The highest BCUT2D eigenvalue weighted by molar-refractivity contribution is 5.94. The molecule has 0 aliphatic carbocycles. The summed E-state index contributed by atoms with van der Waals surface area (Å²) in [5.41, 5.74) is 1.86. The van der Waals surface area contributed by atoms with E-state index in [0.29, 0.717) is 35.2 Å². The molecule has 0 atom stereocenters. The fraction of sp³-hybridized carbons (Fsp3) is 0.174. The van der Waals surface area contributed by atoms with Crippen LogP contribution in [-0.2, 0) is 11.3 Å². The van der Waals surface area contributed by atoms with Gasteiger partial charge in [0.2, 0.25) is 5.88 Å². The van der Waals surface area contributed by atoms with Crippen LogP contribution in [0.2, 0.25) is 0 Å². The molecule has 31 heavy (non-hydrogen) atoms. The van der Waals surface area contributed by atoms with Gasteiger partial charge in [0.25, 0.3) is 11.8 Å². The molecule has 0 saturated heterocycles. The van der Waals surface area contributed by atoms with Crippen molar-refractivity contribution in [1.29, 1.82) is 0 Å². The smallest absolute Gasteiger partial charge is 0.262 e. The van der Waals surface area contributed by atoms with Crippen LogP contribution in [0.3, 0.4) is 0 Å². The third kappa shape index (κ3) is 6.20. The van der Waals surface area contributed by atoms with Gasteiger partial charge in [-0.05, 0) is 42.5 Å². The van der Waals surface area contributed by atoms with Crippen molar-refractivity contribution in [1.82, 2.24) is 10.3 Å². The van der Waals surface area contributed by atoms with Gasteiger partial charge in [-0.1, -0.05) is 12.1 Å². The summed E-state index contributed by atoms with van der Waals surface area (Å²) in [6.07, 6.45) is 1.62. The topological polar surface area (TPSA) is 98.8 Å². The van der Waals surface area contributed by atoms with Crippen molar-refractivity contribution in [2.75, 3.05) is 26.1 Å². The maximum absolute atomic E-state index is 12.4. The van der Waals surface area contributed by atoms with Crippen LogP contribution in [0.25, 0.3) is 0 Å². The Bertz CT molecular complexity index is 1040. The van der Waals surface area contributed by atoms with Gasteiger partial charge < -0.3 is 24.8 Å². The molecule has 0 fully saturated rings. The second-order valence-corrected chi connectivity index (χ2v) is 6.45. The molecule has 2 N–H and O–H groups in total. The molecule has 160 valence electrons. The zero-order chi connectivity index (χ0) is 22.1. The van der Waals surface area contributed by atoms with Gasteiger partial charge in [0.1, 0.15) is 11.5 Å². The Morgan fingerprint density at radius 1 is 0.935 bits per heavy atom. The van der Waals surface area contributed by atoms with Gasteiger partial charge in [0.15, 0.2) is 6.61 Å². The highest BCUT2D eigenvalue weighted by Crippen LogP contribution is 2.17. The van der Waals surface area contributed by atoms with Gasteiger partial charge >= 0.3 is 0 Å². The molecule has 3 aromatic rings. The monoisotopic (exact) mass is 421 g/mol. The Kier molecular flexibility index (Phi) is 7.42. The Balaban J connectivity index is 1.49. The molecule has 0 saturated carbocycles. The number of ether oxygens (including phenoxy) is 3. The van der Waals surface area contributed by atoms with E-state index < -0.39 is 0 Å². The third-order valence-electron chi connectivity index (χ3n) is 4.32. The number of methoxy groups -OCH3 is 2. The molecule has 0 spiro atoms. The van der Waals surface area contributed by atoms with E-state index in [1.807, 2.05) is 6.07 Å². The number of benzene rings is 2. The van der Waals surface area contributed by atoms with Gasteiger partial charge in [-0.2, -0.15) is 0 Å². The highest BCUT2D eigenvalue weighted by atomic mass is 16.5. The van der Waals surface area contributed by atoms with Crippen LogP contribution in [0.4, 0.5) is 5.69 Å². The van der Waals surface area contributed by atoms with Crippen molar-refractivity contribution >= 4 is 17.5 Å². The van der Waals surface area contributed by atoms with Crippen LogP contribution in [0, 0.1) is 0 Å². The highest BCUT2D eigenvalue weighted by Gasteiger charge is 2.09. The molecule has 0 aliphatic heterocycles. The van der Waals surface area contributed by atoms with Crippen LogP contribution in [0.5, 0.6) is 17.4 Å². The minimum Gasteiger partial charge on any atom is -0.497 e. The number of anilines is 1. The predicted octanol–water partition coefficient (Wildman–Crippen LogP) is 3.05. The molecule has 0 unspecified atom stereocenters. The summed E-state index contributed by atoms with van der Waals surface area (Å²) in [7, 11) is 3.09. The third-order valence-corrected chi connectivity index (χ3v) is 4.32. The summed E-state index contributed by atoms with van der Waals surface area (Å²) in [5, 5.41) is 5.56. The fourth-order valence-electron chi connectivity index (χ4n) is 2.77. The van der Waals surface area contributed by atoms with E-state index in [0.717, 1.165) is 5.56 Å². The normalized spacial score (nSPS) is 10.1. The molecule has 1 heterocycles. The van der Waals surface area contributed by atoms with E-state index in [1.54, 1.807) is 67.9 Å². The molecular weight excluding hydrogens is 398 g/mol. The van der Waals surface area contributed by atoms with Crippen molar-refractivity contribution in [2.45, 2.75) is 6.54 Å². The van der Waals surface area contributed by atoms with Crippen LogP contribution >= 0.6 is 0 Å². The Labute approximate surface area is 180 Å². The lowest BCUT2D eigenvalue weighted by molar-refractivity contribution is -0.118. The molecule has 3 rings (SSSR count). The van der Waals surface area contributed by atoms with Gasteiger partial charge in [0, 0.05) is 35.6 Å². The minimum atomic E-state index is -0.305. The average Bonchev–Trinajstić information content (AvgIpc) is 2.81. The SMILES string of the molecule is COc1cccc(NC(=O)COc2ccc(C(=O)NCc3cccnc3OC)cc2)c1. The molecular formula is C23H23N3O5. The molecule has 2 amide bonds. The molecule has 8 heteroatoms. The van der Waals surface area contributed by atoms with Crippen molar-refractivity contribution in [3.63, 3.8) is 0 Å². The number of carbonyl (C=O) groups is 2. The van der Waals surface area contributed by atoms with Crippen molar-refractivity contribution in [3.05, 3.63) is 78.0 Å². The quantitative estimate of drug-likeness (QED) is 0.551. The predicted molar refractivity (Wildman–Crippen MR) is 116 cm³/mol. The molecule has 1 aromatic heterocycles. The number of rotatable bonds is 9. The van der Waals surface area contributed by atoms with Crippen molar-refractivity contribution < 1.29 is 23.8 Å². The Hall–Kier alpha value is -4.07. The second-order valence-electron chi connectivity index (χ2n) is 6.45. The van der Waals surface area contributed by atoms with E-state index in [1.165, 1.54) is 7.11 Å². The summed E-state index contributed by atoms with van der Waals surface area (Å²) in [4.78, 5) is 28.5. The van der Waals surface area contributed by atoms with Crippen LogP contribution in [0.1, 0.15) is 15.9 Å². The first-order chi connectivity index (χ1) is 15.1. The first-order valence-corrected chi connectivity index (χ1v) is 9.52. The number of amides is 2. The second kappa shape index (κ2) is 10.6. The summed E-state index contributed by atoms with van der Waals surface area (Å²) in [5.74, 6) is 1.05. The lowest BCUT2D eigenvalue weighted by Gasteiger charge is -2.10. The zero-order valence-electron chi connectivity index (χ0n) is 17.3. The summed E-state index contributed by atoms with van der Waals surface area (Å²) < 4.78 is 15.8. The molecule has 0 aliphatic rings. The lowest BCUT2D eigenvalue weighted by atomic mass is 10.2. The van der Waals surface area contributed by atoms with E-state index in [4.69, 9.17) is 14.2 Å². The van der Waals surface area contributed by atoms with E-state index >= 15 is 0 Å². The summed E-state index contributed by atoms with van der Waals surface area (Å²) >= 11 is 0. The number of nitrogens with zero attached hydrogens (tertiary/aromatic N) is 1. The maximum atomic E-state index is 12.4. The fourth-order valence-corrected chi connectivity index (χ4v) is 2.77. The number of carbonyl (C=O) groups excluding carboxylic acids is 2. The van der Waals surface area contributed by atoms with E-state index in [9.17, 15) is 9.59 Å². The van der Waals surface area contributed by atoms with E-state index in [2.05, 4.69) is 15.6 Å². The zero-order valence-corrected chi connectivity index (χ0v) is 17.3. The molecule has 0 radical (unpaired) electrons. The van der Waals surface area contributed by atoms with Crippen molar-refractivity contribution in [2.24, 2.45) is 0 Å². The van der Waals surface area contributed by atoms with Crippen molar-refractivity contribution in [3.8, 4) is 17.4 Å². The molecule has 8 nitrogen and oxygen atoms in total. The average molecular weight is 421 g/mol. The van der Waals surface area contributed by atoms with Gasteiger partial charge in [-0.15, -0.1) is 0 Å². The Morgan fingerprint density at radius 2 is 1.74 bits per heavy atom. The van der Waals surface area contributed by atoms with Crippen LogP contribution < -0.4 is 24.8 Å². The van der Waals surface area contributed by atoms with Gasteiger partial charge in [0.05, 0.1) is 14.2 Å². The Morgan fingerprint density at radius 3 is 2.48 bits per heavy atom.